The smallest absolute Gasteiger partial charge is 0.241 e. The van der Waals surface area contributed by atoms with Crippen LogP contribution in [0.4, 0.5) is 0 Å². The van der Waals surface area contributed by atoms with E-state index in [4.69, 9.17) is 0 Å². The minimum atomic E-state index is -0.0440. The van der Waals surface area contributed by atoms with Gasteiger partial charge in [-0.05, 0) is 37.3 Å². The van der Waals surface area contributed by atoms with Crippen LogP contribution in [0.1, 0.15) is 37.8 Å². The molecule has 1 amide bonds. The molecule has 1 saturated carbocycles. The van der Waals surface area contributed by atoms with Gasteiger partial charge in [0.1, 0.15) is 6.04 Å². The van der Waals surface area contributed by atoms with Gasteiger partial charge in [0.2, 0.25) is 5.91 Å². The average Bonchev–Trinajstić information content (AvgIpc) is 2.89. The van der Waals surface area contributed by atoms with Crippen LogP contribution in [0.25, 0.3) is 0 Å². The molecule has 0 spiro atoms. The minimum absolute atomic E-state index is 0.0440. The third kappa shape index (κ3) is 2.42. The SMILES string of the molecule is CC1CCC2NNC(C(=O)N3CC(c4ccccn4)C3)C2C1. The Labute approximate surface area is 131 Å². The summed E-state index contributed by atoms with van der Waals surface area (Å²) < 4.78 is 0. The summed E-state index contributed by atoms with van der Waals surface area (Å²) >= 11 is 0. The van der Waals surface area contributed by atoms with Crippen molar-refractivity contribution in [3.8, 4) is 0 Å². The Bertz CT molecular complexity index is 543. The number of pyridine rings is 1. The summed E-state index contributed by atoms with van der Waals surface area (Å²) in [5, 5.41) is 0. The van der Waals surface area contributed by atoms with Crippen LogP contribution in [0.2, 0.25) is 0 Å². The minimum Gasteiger partial charge on any atom is -0.340 e. The van der Waals surface area contributed by atoms with Gasteiger partial charge in [-0.25, -0.2) is 5.43 Å². The molecule has 3 fully saturated rings. The van der Waals surface area contributed by atoms with Gasteiger partial charge >= 0.3 is 0 Å². The second-order valence-corrected chi connectivity index (χ2v) is 7.15. The highest BCUT2D eigenvalue weighted by Crippen LogP contribution is 2.35. The summed E-state index contributed by atoms with van der Waals surface area (Å²) in [5.41, 5.74) is 7.72. The van der Waals surface area contributed by atoms with Crippen LogP contribution in [0.15, 0.2) is 24.4 Å². The highest BCUT2D eigenvalue weighted by atomic mass is 16.2. The van der Waals surface area contributed by atoms with Gasteiger partial charge in [-0.2, -0.15) is 0 Å². The Balaban J connectivity index is 1.37. The number of rotatable bonds is 2. The fraction of sp³-hybridized carbons (Fsp3) is 0.647. The first-order chi connectivity index (χ1) is 10.7. The van der Waals surface area contributed by atoms with Crippen molar-refractivity contribution in [2.24, 2.45) is 11.8 Å². The molecule has 22 heavy (non-hydrogen) atoms. The van der Waals surface area contributed by atoms with Gasteiger partial charge < -0.3 is 4.90 Å². The largest absolute Gasteiger partial charge is 0.340 e. The second-order valence-electron chi connectivity index (χ2n) is 7.15. The molecular weight excluding hydrogens is 276 g/mol. The fourth-order valence-electron chi connectivity index (χ4n) is 4.18. The molecule has 1 aliphatic carbocycles. The Morgan fingerprint density at radius 1 is 1.27 bits per heavy atom. The van der Waals surface area contributed by atoms with Crippen molar-refractivity contribution in [2.75, 3.05) is 13.1 Å². The molecule has 4 atom stereocenters. The van der Waals surface area contributed by atoms with Crippen molar-refractivity contribution in [3.63, 3.8) is 0 Å². The molecule has 5 nitrogen and oxygen atoms in total. The van der Waals surface area contributed by atoms with Gasteiger partial charge in [-0.3, -0.25) is 15.2 Å². The summed E-state index contributed by atoms with van der Waals surface area (Å²) in [4.78, 5) is 19.2. The lowest BCUT2D eigenvalue weighted by Gasteiger charge is -2.41. The molecule has 4 unspecified atom stereocenters. The number of fused-ring (bicyclic) bond motifs is 1. The summed E-state index contributed by atoms with van der Waals surface area (Å²) in [7, 11) is 0. The molecule has 0 radical (unpaired) electrons. The number of carbonyl (C=O) groups excluding carboxylic acids is 1. The third-order valence-electron chi connectivity index (χ3n) is 5.58. The van der Waals surface area contributed by atoms with Crippen molar-refractivity contribution in [1.29, 1.82) is 0 Å². The number of nitrogens with one attached hydrogen (secondary N) is 2. The summed E-state index contributed by atoms with van der Waals surface area (Å²) in [5.74, 6) is 1.85. The van der Waals surface area contributed by atoms with Gasteiger partial charge in [-0.1, -0.05) is 13.0 Å². The fourth-order valence-corrected chi connectivity index (χ4v) is 4.18. The van der Waals surface area contributed by atoms with Crippen molar-refractivity contribution in [2.45, 2.75) is 44.2 Å². The highest BCUT2D eigenvalue weighted by molar-refractivity contribution is 5.83. The van der Waals surface area contributed by atoms with E-state index in [2.05, 4.69) is 28.8 Å². The molecule has 3 aliphatic rings. The van der Waals surface area contributed by atoms with Crippen molar-refractivity contribution >= 4 is 5.91 Å². The van der Waals surface area contributed by atoms with E-state index in [0.29, 0.717) is 17.9 Å². The van der Waals surface area contributed by atoms with Crippen LogP contribution < -0.4 is 10.9 Å². The Morgan fingerprint density at radius 2 is 2.14 bits per heavy atom. The number of carbonyl (C=O) groups is 1. The lowest BCUT2D eigenvalue weighted by atomic mass is 9.76. The monoisotopic (exact) mass is 300 g/mol. The molecular formula is C17H24N4O. The van der Waals surface area contributed by atoms with Crippen LogP contribution in [0, 0.1) is 11.8 Å². The average molecular weight is 300 g/mol. The zero-order chi connectivity index (χ0) is 15.1. The first-order valence-electron chi connectivity index (χ1n) is 8.43. The van der Waals surface area contributed by atoms with Gasteiger partial charge in [0.05, 0.1) is 0 Å². The molecule has 2 saturated heterocycles. The zero-order valence-corrected chi connectivity index (χ0v) is 13.0. The second kappa shape index (κ2) is 5.63. The summed E-state index contributed by atoms with van der Waals surface area (Å²) in [6, 6.07) is 6.43. The number of hydrogen-bond donors (Lipinski definition) is 2. The van der Waals surface area contributed by atoms with Crippen LogP contribution in [0.3, 0.4) is 0 Å². The van der Waals surface area contributed by atoms with Crippen molar-refractivity contribution in [1.82, 2.24) is 20.7 Å². The highest BCUT2D eigenvalue weighted by Gasteiger charge is 2.46. The molecule has 4 rings (SSSR count). The molecule has 5 heteroatoms. The quantitative estimate of drug-likeness (QED) is 0.864. The molecule has 1 aromatic rings. The Morgan fingerprint density at radius 3 is 2.91 bits per heavy atom. The lowest BCUT2D eigenvalue weighted by molar-refractivity contribution is -0.139. The van der Waals surface area contributed by atoms with E-state index in [0.717, 1.165) is 31.1 Å². The molecule has 0 bridgehead atoms. The predicted octanol–water partition coefficient (Wildman–Crippen LogP) is 1.29. The number of amides is 1. The Kier molecular flexibility index (Phi) is 3.62. The van der Waals surface area contributed by atoms with E-state index < -0.39 is 0 Å². The normalized spacial score (nSPS) is 35.0. The summed E-state index contributed by atoms with van der Waals surface area (Å²) in [6.07, 6.45) is 5.43. The number of hydrazine groups is 1. The standard InChI is InChI=1S/C17H24N4O/c1-11-5-6-15-13(8-11)16(20-19-15)17(22)21-9-12(10-21)14-4-2-3-7-18-14/h2-4,7,11-13,15-16,19-20H,5-6,8-10H2,1H3. The van der Waals surface area contributed by atoms with Crippen LogP contribution in [-0.4, -0.2) is 41.0 Å². The maximum Gasteiger partial charge on any atom is 0.241 e. The Hall–Kier alpha value is -1.46. The van der Waals surface area contributed by atoms with E-state index in [9.17, 15) is 4.79 Å². The first kappa shape index (κ1) is 14.2. The van der Waals surface area contributed by atoms with Crippen LogP contribution >= 0.6 is 0 Å². The van der Waals surface area contributed by atoms with Crippen LogP contribution in [-0.2, 0) is 4.79 Å². The van der Waals surface area contributed by atoms with Gasteiger partial charge in [0.25, 0.3) is 0 Å². The number of likely N-dealkylation sites (tertiary alicyclic amines) is 1. The molecule has 2 aliphatic heterocycles. The predicted molar refractivity (Wildman–Crippen MR) is 83.9 cm³/mol. The topological polar surface area (TPSA) is 57.3 Å². The number of nitrogens with zero attached hydrogens (tertiary/aromatic N) is 2. The van der Waals surface area contributed by atoms with E-state index in [1.807, 2.05) is 23.2 Å². The maximum atomic E-state index is 12.8. The number of hydrogen-bond acceptors (Lipinski definition) is 4. The first-order valence-corrected chi connectivity index (χ1v) is 8.43. The molecule has 1 aromatic heterocycles. The molecule has 118 valence electrons. The van der Waals surface area contributed by atoms with Crippen LogP contribution in [0.5, 0.6) is 0 Å². The zero-order valence-electron chi connectivity index (χ0n) is 13.0. The van der Waals surface area contributed by atoms with Gasteiger partial charge in [0, 0.05) is 42.9 Å². The van der Waals surface area contributed by atoms with E-state index >= 15 is 0 Å². The van der Waals surface area contributed by atoms with Crippen molar-refractivity contribution < 1.29 is 4.79 Å². The summed E-state index contributed by atoms with van der Waals surface area (Å²) in [6.45, 7) is 3.92. The van der Waals surface area contributed by atoms with Gasteiger partial charge in [-0.15, -0.1) is 0 Å². The maximum absolute atomic E-state index is 12.8. The van der Waals surface area contributed by atoms with E-state index in [1.165, 1.54) is 12.8 Å². The lowest BCUT2D eigenvalue weighted by Crippen LogP contribution is -2.56. The molecule has 3 heterocycles. The molecule has 2 N–H and O–H groups in total. The molecule has 0 aromatic carbocycles. The number of aromatic nitrogens is 1. The van der Waals surface area contributed by atoms with Gasteiger partial charge in [0.15, 0.2) is 0 Å². The van der Waals surface area contributed by atoms with Crippen molar-refractivity contribution in [3.05, 3.63) is 30.1 Å². The van der Waals surface area contributed by atoms with E-state index in [-0.39, 0.29) is 11.9 Å². The third-order valence-corrected chi connectivity index (χ3v) is 5.58. The van der Waals surface area contributed by atoms with E-state index in [1.54, 1.807) is 0 Å².